The summed E-state index contributed by atoms with van der Waals surface area (Å²) < 4.78 is 5.73. The van der Waals surface area contributed by atoms with Gasteiger partial charge >= 0.3 is 0 Å². The van der Waals surface area contributed by atoms with Crippen molar-refractivity contribution in [3.05, 3.63) is 36.0 Å². The summed E-state index contributed by atoms with van der Waals surface area (Å²) in [4.78, 5) is 4.52. The Kier molecular flexibility index (Phi) is 3.67. The van der Waals surface area contributed by atoms with Crippen LogP contribution in [0.3, 0.4) is 0 Å². The molecule has 0 aliphatic heterocycles. The third kappa shape index (κ3) is 2.47. The highest BCUT2D eigenvalue weighted by molar-refractivity contribution is 7.98. The second-order valence-corrected chi connectivity index (χ2v) is 4.61. The molecule has 1 aromatic carbocycles. The molecule has 0 radical (unpaired) electrons. The summed E-state index contributed by atoms with van der Waals surface area (Å²) in [6.07, 6.45) is 2.08. The van der Waals surface area contributed by atoms with Gasteiger partial charge < -0.3 is 4.74 Å². The first-order valence-electron chi connectivity index (χ1n) is 5.29. The zero-order valence-electron chi connectivity index (χ0n) is 9.56. The smallest absolute Gasteiger partial charge is 0.145 e. The fourth-order valence-electron chi connectivity index (χ4n) is 1.57. The highest BCUT2D eigenvalue weighted by Gasteiger charge is 2.03. The van der Waals surface area contributed by atoms with Crippen molar-refractivity contribution in [2.24, 2.45) is 0 Å². The number of ether oxygens (including phenoxy) is 1. The van der Waals surface area contributed by atoms with E-state index >= 15 is 0 Å². The van der Waals surface area contributed by atoms with E-state index < -0.39 is 0 Å². The van der Waals surface area contributed by atoms with Gasteiger partial charge in [-0.25, -0.2) is 4.98 Å². The SMILES string of the molecule is CSCCOc1cccc2ccc(C)nc12. The largest absolute Gasteiger partial charge is 0.490 e. The van der Waals surface area contributed by atoms with Crippen LogP contribution < -0.4 is 4.74 Å². The molecule has 0 aliphatic rings. The topological polar surface area (TPSA) is 22.1 Å². The highest BCUT2D eigenvalue weighted by atomic mass is 32.2. The number of pyridine rings is 1. The lowest BCUT2D eigenvalue weighted by Gasteiger charge is -2.08. The van der Waals surface area contributed by atoms with Gasteiger partial charge in [-0.2, -0.15) is 11.8 Å². The fraction of sp³-hybridized carbons (Fsp3) is 0.308. The Hall–Kier alpha value is -1.22. The molecular formula is C13H15NOS. The minimum Gasteiger partial charge on any atom is -0.490 e. The van der Waals surface area contributed by atoms with Crippen LogP contribution >= 0.6 is 11.8 Å². The average Bonchev–Trinajstić information content (AvgIpc) is 2.30. The Balaban J connectivity index is 2.32. The monoisotopic (exact) mass is 233 g/mol. The molecule has 2 rings (SSSR count). The molecule has 2 nitrogen and oxygen atoms in total. The first kappa shape index (κ1) is 11.3. The van der Waals surface area contributed by atoms with Crippen LogP contribution in [0, 0.1) is 6.92 Å². The van der Waals surface area contributed by atoms with Gasteiger partial charge in [0.2, 0.25) is 0 Å². The minimum absolute atomic E-state index is 0.732. The molecule has 2 aromatic rings. The van der Waals surface area contributed by atoms with Gasteiger partial charge in [0.15, 0.2) is 0 Å². The quantitative estimate of drug-likeness (QED) is 0.757. The molecule has 0 aliphatic carbocycles. The number of hydrogen-bond donors (Lipinski definition) is 0. The van der Waals surface area contributed by atoms with Crippen LogP contribution in [-0.4, -0.2) is 23.6 Å². The molecule has 16 heavy (non-hydrogen) atoms. The van der Waals surface area contributed by atoms with Crippen LogP contribution in [0.15, 0.2) is 30.3 Å². The van der Waals surface area contributed by atoms with Gasteiger partial charge in [-0.1, -0.05) is 18.2 Å². The van der Waals surface area contributed by atoms with Crippen molar-refractivity contribution in [2.75, 3.05) is 18.6 Å². The zero-order chi connectivity index (χ0) is 11.4. The third-order valence-corrected chi connectivity index (χ3v) is 2.94. The van der Waals surface area contributed by atoms with Gasteiger partial charge in [0.05, 0.1) is 6.61 Å². The molecule has 0 amide bonds. The predicted octanol–water partition coefficient (Wildman–Crippen LogP) is 3.29. The van der Waals surface area contributed by atoms with Crippen molar-refractivity contribution < 1.29 is 4.74 Å². The summed E-state index contributed by atoms with van der Waals surface area (Å²) in [5, 5.41) is 1.13. The van der Waals surface area contributed by atoms with E-state index in [0.717, 1.165) is 34.7 Å². The van der Waals surface area contributed by atoms with Crippen molar-refractivity contribution in [3.63, 3.8) is 0 Å². The highest BCUT2D eigenvalue weighted by Crippen LogP contribution is 2.23. The summed E-state index contributed by atoms with van der Waals surface area (Å²) in [6.45, 7) is 2.73. The standard InChI is InChI=1S/C13H15NOS/c1-10-6-7-11-4-3-5-12(13(11)14-10)15-8-9-16-2/h3-7H,8-9H2,1-2H3. The summed E-state index contributed by atoms with van der Waals surface area (Å²) in [6, 6.07) is 10.2. The number of thioether (sulfide) groups is 1. The van der Waals surface area contributed by atoms with Crippen molar-refractivity contribution >= 4 is 22.7 Å². The zero-order valence-corrected chi connectivity index (χ0v) is 10.4. The molecule has 84 valence electrons. The number of benzene rings is 1. The van der Waals surface area contributed by atoms with Gasteiger partial charge in [-0.05, 0) is 25.3 Å². The van der Waals surface area contributed by atoms with E-state index in [1.54, 1.807) is 11.8 Å². The Morgan fingerprint density at radius 1 is 1.25 bits per heavy atom. The number of hydrogen-bond acceptors (Lipinski definition) is 3. The van der Waals surface area contributed by atoms with Crippen LogP contribution in [-0.2, 0) is 0 Å². The van der Waals surface area contributed by atoms with E-state index in [4.69, 9.17) is 4.74 Å². The number of aromatic nitrogens is 1. The Bertz CT molecular complexity index is 484. The number of nitrogens with zero attached hydrogens (tertiary/aromatic N) is 1. The molecule has 1 heterocycles. The Morgan fingerprint density at radius 3 is 2.94 bits per heavy atom. The van der Waals surface area contributed by atoms with Crippen molar-refractivity contribution in [2.45, 2.75) is 6.92 Å². The number of aryl methyl sites for hydroxylation is 1. The second kappa shape index (κ2) is 5.21. The van der Waals surface area contributed by atoms with Crippen molar-refractivity contribution in [1.82, 2.24) is 4.98 Å². The minimum atomic E-state index is 0.732. The molecule has 0 saturated carbocycles. The van der Waals surface area contributed by atoms with Crippen molar-refractivity contribution in [3.8, 4) is 5.75 Å². The van der Waals surface area contributed by atoms with Crippen LogP contribution in [0.1, 0.15) is 5.69 Å². The summed E-state index contributed by atoms with van der Waals surface area (Å²) >= 11 is 1.78. The maximum atomic E-state index is 5.73. The molecule has 3 heteroatoms. The van der Waals surface area contributed by atoms with Crippen LogP contribution in [0.5, 0.6) is 5.75 Å². The van der Waals surface area contributed by atoms with Gasteiger partial charge in [0, 0.05) is 16.8 Å². The van der Waals surface area contributed by atoms with Gasteiger partial charge in [0.1, 0.15) is 11.3 Å². The Morgan fingerprint density at radius 2 is 2.12 bits per heavy atom. The molecule has 0 unspecified atom stereocenters. The third-order valence-electron chi connectivity index (χ3n) is 2.37. The molecule has 0 atom stereocenters. The number of rotatable bonds is 4. The molecule has 0 fully saturated rings. The molecule has 0 bridgehead atoms. The normalized spacial score (nSPS) is 10.6. The van der Waals surface area contributed by atoms with Crippen LogP contribution in [0.2, 0.25) is 0 Å². The summed E-state index contributed by atoms with van der Waals surface area (Å²) in [7, 11) is 0. The predicted molar refractivity (Wildman–Crippen MR) is 70.4 cm³/mol. The van der Waals surface area contributed by atoms with Crippen LogP contribution in [0.4, 0.5) is 0 Å². The van der Waals surface area contributed by atoms with E-state index in [1.807, 2.05) is 25.1 Å². The van der Waals surface area contributed by atoms with Gasteiger partial charge in [-0.15, -0.1) is 0 Å². The first-order valence-corrected chi connectivity index (χ1v) is 6.69. The molecule has 1 aromatic heterocycles. The molecule has 0 saturated heterocycles. The lowest BCUT2D eigenvalue weighted by molar-refractivity contribution is 0.347. The van der Waals surface area contributed by atoms with Gasteiger partial charge in [-0.3, -0.25) is 0 Å². The lowest BCUT2D eigenvalue weighted by Crippen LogP contribution is -2.00. The number of fused-ring (bicyclic) bond motifs is 1. The van der Waals surface area contributed by atoms with Crippen LogP contribution in [0.25, 0.3) is 10.9 Å². The van der Waals surface area contributed by atoms with Gasteiger partial charge in [0.25, 0.3) is 0 Å². The second-order valence-electron chi connectivity index (χ2n) is 3.62. The number of para-hydroxylation sites is 1. The maximum Gasteiger partial charge on any atom is 0.145 e. The Labute approximate surface area is 100 Å². The lowest BCUT2D eigenvalue weighted by atomic mass is 10.2. The van der Waals surface area contributed by atoms with E-state index in [2.05, 4.69) is 23.4 Å². The molecule has 0 N–H and O–H groups in total. The maximum absolute atomic E-state index is 5.73. The van der Waals surface area contributed by atoms with E-state index in [-0.39, 0.29) is 0 Å². The summed E-state index contributed by atoms with van der Waals surface area (Å²) in [5.74, 6) is 1.89. The van der Waals surface area contributed by atoms with Crippen molar-refractivity contribution in [1.29, 1.82) is 0 Å². The average molecular weight is 233 g/mol. The molecule has 0 spiro atoms. The van der Waals surface area contributed by atoms with E-state index in [9.17, 15) is 0 Å². The fourth-order valence-corrected chi connectivity index (χ4v) is 1.82. The summed E-state index contributed by atoms with van der Waals surface area (Å²) in [5.41, 5.74) is 1.98. The van der Waals surface area contributed by atoms with E-state index in [0.29, 0.717) is 0 Å². The molecular weight excluding hydrogens is 218 g/mol. The first-order chi connectivity index (χ1) is 7.81. The van der Waals surface area contributed by atoms with E-state index in [1.165, 1.54) is 0 Å².